The van der Waals surface area contributed by atoms with Gasteiger partial charge in [-0.1, -0.05) is 12.1 Å². The molecule has 1 atom stereocenters. The van der Waals surface area contributed by atoms with Gasteiger partial charge in [-0.25, -0.2) is 4.98 Å². The van der Waals surface area contributed by atoms with E-state index in [4.69, 9.17) is 10.7 Å². The normalized spacial score (nSPS) is 22.1. The molecule has 1 aliphatic carbocycles. The number of fused-ring (bicyclic) bond motifs is 2. The number of nitrogens with zero attached hydrogens (tertiary/aromatic N) is 2. The zero-order valence-electron chi connectivity index (χ0n) is 10.8. The van der Waals surface area contributed by atoms with Crippen molar-refractivity contribution in [3.8, 4) is 0 Å². The van der Waals surface area contributed by atoms with Crippen LogP contribution in [0.4, 0.5) is 5.69 Å². The van der Waals surface area contributed by atoms with Gasteiger partial charge in [-0.3, -0.25) is 4.90 Å². The van der Waals surface area contributed by atoms with Gasteiger partial charge in [-0.05, 0) is 34.8 Å². The Kier molecular flexibility index (Phi) is 2.62. The predicted octanol–water partition coefficient (Wildman–Crippen LogP) is 2.80. The lowest BCUT2D eigenvalue weighted by Crippen LogP contribution is -2.25. The molecule has 0 saturated heterocycles. The molecule has 1 aromatic carbocycles. The highest BCUT2D eigenvalue weighted by molar-refractivity contribution is 9.10. The molecular formula is C15H14BrN3O. The molecule has 0 spiro atoms. The second-order valence-electron chi connectivity index (χ2n) is 5.51. The molecule has 2 aliphatic rings. The number of pyridine rings is 1. The molecule has 1 saturated carbocycles. The molecule has 0 radical (unpaired) electrons. The van der Waals surface area contributed by atoms with E-state index in [9.17, 15) is 4.79 Å². The summed E-state index contributed by atoms with van der Waals surface area (Å²) in [6.45, 7) is 0.727. The third-order valence-electron chi connectivity index (χ3n) is 4.25. The van der Waals surface area contributed by atoms with Crippen molar-refractivity contribution in [1.29, 1.82) is 0 Å². The molecule has 1 fully saturated rings. The number of aldehydes is 1. The van der Waals surface area contributed by atoms with Gasteiger partial charge in [-0.15, -0.1) is 0 Å². The molecule has 4 rings (SSSR count). The zero-order chi connectivity index (χ0) is 13.9. The number of hydrogen-bond donors (Lipinski definition) is 1. The van der Waals surface area contributed by atoms with Gasteiger partial charge in [0, 0.05) is 33.7 Å². The van der Waals surface area contributed by atoms with E-state index < -0.39 is 0 Å². The fourth-order valence-electron chi connectivity index (χ4n) is 3.14. The van der Waals surface area contributed by atoms with Gasteiger partial charge in [0.15, 0.2) is 0 Å². The van der Waals surface area contributed by atoms with Crippen molar-refractivity contribution >= 4 is 38.8 Å². The molecule has 2 N–H and O–H groups in total. The highest BCUT2D eigenvalue weighted by Crippen LogP contribution is 2.44. The minimum atomic E-state index is -0.228. The Morgan fingerprint density at radius 2 is 2.20 bits per heavy atom. The summed E-state index contributed by atoms with van der Waals surface area (Å²) in [5.74, 6) is 0. The van der Waals surface area contributed by atoms with E-state index in [0.29, 0.717) is 11.7 Å². The molecule has 1 unspecified atom stereocenters. The molecule has 102 valence electrons. The number of carbonyl (C=O) groups is 1. The van der Waals surface area contributed by atoms with E-state index in [2.05, 4.69) is 20.8 Å². The van der Waals surface area contributed by atoms with E-state index in [1.165, 1.54) is 12.8 Å². The number of halogens is 1. The maximum atomic E-state index is 11.5. The number of nitrogens with two attached hydrogens (primary N) is 1. The van der Waals surface area contributed by atoms with E-state index in [-0.39, 0.29) is 6.04 Å². The Bertz CT molecular complexity index is 727. The molecule has 20 heavy (non-hydrogen) atoms. The second-order valence-corrected chi connectivity index (χ2v) is 6.36. The first-order valence-corrected chi connectivity index (χ1v) is 7.57. The summed E-state index contributed by atoms with van der Waals surface area (Å²) >= 11 is 3.53. The molecule has 2 aromatic rings. The Balaban J connectivity index is 1.97. The summed E-state index contributed by atoms with van der Waals surface area (Å²) in [6.07, 6.45) is 3.34. The molecule has 0 amide bonds. The van der Waals surface area contributed by atoms with Crippen LogP contribution in [0.3, 0.4) is 0 Å². The van der Waals surface area contributed by atoms with Crippen LogP contribution in [0.1, 0.15) is 30.1 Å². The number of benzene rings is 1. The third-order valence-corrected chi connectivity index (χ3v) is 4.89. The summed E-state index contributed by atoms with van der Waals surface area (Å²) in [7, 11) is 0. The Labute approximate surface area is 125 Å². The summed E-state index contributed by atoms with van der Waals surface area (Å²) in [4.78, 5) is 18.5. The summed E-state index contributed by atoms with van der Waals surface area (Å²) in [6, 6.07) is 6.16. The van der Waals surface area contributed by atoms with Gasteiger partial charge in [0.2, 0.25) is 0 Å². The lowest BCUT2D eigenvalue weighted by atomic mass is 10.0. The van der Waals surface area contributed by atoms with Crippen LogP contribution in [0.2, 0.25) is 0 Å². The van der Waals surface area contributed by atoms with Gasteiger partial charge < -0.3 is 10.5 Å². The highest BCUT2D eigenvalue weighted by Gasteiger charge is 2.41. The molecular weight excluding hydrogens is 318 g/mol. The SMILES string of the molecule is Nc1c2c(nc3c(Br)cccc13)CN(C1CC1)C2C=O. The van der Waals surface area contributed by atoms with Gasteiger partial charge in [0.25, 0.3) is 0 Å². The Hall–Kier alpha value is -1.46. The first-order chi connectivity index (χ1) is 9.70. The summed E-state index contributed by atoms with van der Waals surface area (Å²) < 4.78 is 0.942. The van der Waals surface area contributed by atoms with Crippen LogP contribution in [0.5, 0.6) is 0 Å². The van der Waals surface area contributed by atoms with Crippen molar-refractivity contribution in [3.63, 3.8) is 0 Å². The average Bonchev–Trinajstić information content (AvgIpc) is 3.21. The summed E-state index contributed by atoms with van der Waals surface area (Å²) in [5, 5.41) is 0.919. The van der Waals surface area contributed by atoms with Crippen LogP contribution >= 0.6 is 15.9 Å². The first-order valence-electron chi connectivity index (χ1n) is 6.78. The molecule has 0 bridgehead atoms. The number of rotatable bonds is 2. The van der Waals surface area contributed by atoms with Gasteiger partial charge in [-0.2, -0.15) is 0 Å². The lowest BCUT2D eigenvalue weighted by molar-refractivity contribution is -0.112. The Morgan fingerprint density at radius 1 is 1.40 bits per heavy atom. The van der Waals surface area contributed by atoms with Crippen molar-refractivity contribution in [2.45, 2.75) is 31.5 Å². The molecule has 4 nitrogen and oxygen atoms in total. The van der Waals surface area contributed by atoms with Crippen LogP contribution < -0.4 is 5.73 Å². The third kappa shape index (κ3) is 1.63. The van der Waals surface area contributed by atoms with Gasteiger partial charge in [0.05, 0.1) is 17.3 Å². The topological polar surface area (TPSA) is 59.2 Å². The van der Waals surface area contributed by atoms with Crippen LogP contribution in [0, 0.1) is 0 Å². The highest BCUT2D eigenvalue weighted by atomic mass is 79.9. The van der Waals surface area contributed by atoms with E-state index in [1.807, 2.05) is 18.2 Å². The number of nitrogen functional groups attached to an aromatic ring is 1. The minimum absolute atomic E-state index is 0.228. The maximum Gasteiger partial charge on any atom is 0.141 e. The van der Waals surface area contributed by atoms with Crippen LogP contribution in [-0.2, 0) is 11.3 Å². The molecule has 5 heteroatoms. The number of carbonyl (C=O) groups excluding carboxylic acids is 1. The maximum absolute atomic E-state index is 11.5. The largest absolute Gasteiger partial charge is 0.398 e. The van der Waals surface area contributed by atoms with E-state index in [0.717, 1.165) is 39.5 Å². The second kappa shape index (κ2) is 4.27. The van der Waals surface area contributed by atoms with Crippen molar-refractivity contribution in [2.75, 3.05) is 5.73 Å². The summed E-state index contributed by atoms with van der Waals surface area (Å²) in [5.41, 5.74) is 9.79. The van der Waals surface area contributed by atoms with Crippen molar-refractivity contribution in [3.05, 3.63) is 33.9 Å². The average molecular weight is 332 g/mol. The molecule has 1 aliphatic heterocycles. The number of hydrogen-bond acceptors (Lipinski definition) is 4. The Morgan fingerprint density at radius 3 is 2.90 bits per heavy atom. The number of anilines is 1. The smallest absolute Gasteiger partial charge is 0.141 e. The quantitative estimate of drug-likeness (QED) is 0.859. The lowest BCUT2D eigenvalue weighted by Gasteiger charge is -2.19. The monoisotopic (exact) mass is 331 g/mol. The predicted molar refractivity (Wildman–Crippen MR) is 81.2 cm³/mol. The van der Waals surface area contributed by atoms with Crippen molar-refractivity contribution in [2.24, 2.45) is 0 Å². The number of aromatic nitrogens is 1. The van der Waals surface area contributed by atoms with Gasteiger partial charge in [0.1, 0.15) is 6.29 Å². The van der Waals surface area contributed by atoms with E-state index >= 15 is 0 Å². The van der Waals surface area contributed by atoms with Gasteiger partial charge >= 0.3 is 0 Å². The first kappa shape index (κ1) is 12.3. The van der Waals surface area contributed by atoms with Crippen molar-refractivity contribution in [1.82, 2.24) is 9.88 Å². The minimum Gasteiger partial charge on any atom is -0.398 e. The van der Waals surface area contributed by atoms with Crippen LogP contribution in [0.15, 0.2) is 22.7 Å². The standard InChI is InChI=1S/C15H14BrN3O/c16-10-3-1-2-9-14(17)13-11(18-15(9)10)6-19(8-4-5-8)12(13)7-20/h1-3,7-8,12H,4-6H2,(H2,17,18). The zero-order valence-corrected chi connectivity index (χ0v) is 12.4. The van der Waals surface area contributed by atoms with E-state index in [1.54, 1.807) is 0 Å². The molecule has 2 heterocycles. The fourth-order valence-corrected chi connectivity index (χ4v) is 3.59. The van der Waals surface area contributed by atoms with Crippen LogP contribution in [0.25, 0.3) is 10.9 Å². The number of para-hydroxylation sites is 1. The fraction of sp³-hybridized carbons (Fsp3) is 0.333. The van der Waals surface area contributed by atoms with Crippen molar-refractivity contribution < 1.29 is 4.79 Å². The van der Waals surface area contributed by atoms with Crippen LogP contribution in [-0.4, -0.2) is 22.2 Å². The molecule has 1 aromatic heterocycles.